The van der Waals surface area contributed by atoms with Crippen LogP contribution >= 0.6 is 0 Å². The van der Waals surface area contributed by atoms with Crippen LogP contribution in [0.3, 0.4) is 0 Å². The van der Waals surface area contributed by atoms with Crippen molar-refractivity contribution in [1.82, 2.24) is 15.2 Å². The lowest BCUT2D eigenvalue weighted by molar-refractivity contribution is -0.122. The molecule has 0 radical (unpaired) electrons. The number of hydrogen-bond acceptors (Lipinski definition) is 3. The lowest BCUT2D eigenvalue weighted by Crippen LogP contribution is -2.37. The second-order valence-electron chi connectivity index (χ2n) is 6.10. The first-order chi connectivity index (χ1) is 14.5. The Balaban J connectivity index is 0. The zero-order chi connectivity index (χ0) is 23.7. The van der Waals surface area contributed by atoms with Crippen molar-refractivity contribution >= 4 is 22.6 Å². The van der Waals surface area contributed by atoms with Gasteiger partial charge in [-0.2, -0.15) is 0 Å². The van der Waals surface area contributed by atoms with Crippen molar-refractivity contribution in [1.29, 1.82) is 0 Å². The fourth-order valence-corrected chi connectivity index (χ4v) is 3.31. The van der Waals surface area contributed by atoms with Crippen molar-refractivity contribution in [2.24, 2.45) is 0 Å². The van der Waals surface area contributed by atoms with Gasteiger partial charge in [0.15, 0.2) is 0 Å². The highest BCUT2D eigenvalue weighted by Crippen LogP contribution is 2.19. The number of hydrogen-bond donors (Lipinski definition) is 2. The molecule has 2 aromatic rings. The summed E-state index contributed by atoms with van der Waals surface area (Å²) in [5.74, 6) is 0.170. The highest BCUT2D eigenvalue weighted by atomic mass is 16.1. The van der Waals surface area contributed by atoms with Gasteiger partial charge in [0.25, 0.3) is 0 Å². The van der Waals surface area contributed by atoms with E-state index in [0.29, 0.717) is 12.8 Å². The highest BCUT2D eigenvalue weighted by molar-refractivity contribution is 5.89. The zero-order valence-electron chi connectivity index (χ0n) is 20.9. The van der Waals surface area contributed by atoms with Crippen LogP contribution in [0.25, 0.3) is 10.9 Å². The third-order valence-corrected chi connectivity index (χ3v) is 4.41. The SMILES string of the molecule is CC.CC.CC.CC.CC(=O)[C@H]1C[C@@H](NC(=O)Cc2c[nH]c3ccccc23)CN1C. The van der Waals surface area contributed by atoms with Gasteiger partial charge < -0.3 is 10.3 Å². The predicted molar refractivity (Wildman–Crippen MR) is 131 cm³/mol. The number of carbonyl (C=O) groups is 2. The molecule has 5 nitrogen and oxygen atoms in total. The molecule has 1 saturated heterocycles. The number of likely N-dealkylation sites (N-methyl/N-ethyl adjacent to an activating group) is 1. The maximum atomic E-state index is 12.3. The zero-order valence-corrected chi connectivity index (χ0v) is 20.9. The molecular weight excluding hydrogens is 374 g/mol. The van der Waals surface area contributed by atoms with Gasteiger partial charge in [-0.3, -0.25) is 14.5 Å². The van der Waals surface area contributed by atoms with Crippen molar-refractivity contribution in [3.8, 4) is 0 Å². The summed E-state index contributed by atoms with van der Waals surface area (Å²) < 4.78 is 0. The number of benzene rings is 1. The third kappa shape index (κ3) is 9.12. The minimum absolute atomic E-state index is 0.00681. The van der Waals surface area contributed by atoms with E-state index in [4.69, 9.17) is 0 Å². The molecule has 1 fully saturated rings. The van der Waals surface area contributed by atoms with Crippen LogP contribution < -0.4 is 5.32 Å². The Hall–Kier alpha value is -2.14. The molecule has 2 atom stereocenters. The van der Waals surface area contributed by atoms with E-state index in [-0.39, 0.29) is 23.8 Å². The summed E-state index contributed by atoms with van der Waals surface area (Å²) in [7, 11) is 1.93. The molecule has 0 bridgehead atoms. The standard InChI is InChI=1S/C17H21N3O2.4C2H6/c1-11(21)16-8-13(10-20(16)2)19-17(22)7-12-9-18-15-6-4-3-5-14(12)15;4*1-2/h3-6,9,13,16,18H,7-8,10H2,1-2H3,(H,19,22);4*1-2H3/t13-,16-;;;;/m1..../s1. The molecule has 1 aliphatic heterocycles. The number of H-pyrrole nitrogens is 1. The average Bonchev–Trinajstić information content (AvgIpc) is 3.37. The van der Waals surface area contributed by atoms with Crippen LogP contribution in [0, 0.1) is 0 Å². The topological polar surface area (TPSA) is 65.2 Å². The van der Waals surface area contributed by atoms with Gasteiger partial charge in [0.05, 0.1) is 12.5 Å². The van der Waals surface area contributed by atoms with Crippen LogP contribution in [0.4, 0.5) is 0 Å². The Morgan fingerprint density at radius 1 is 1.03 bits per heavy atom. The number of rotatable bonds is 4. The van der Waals surface area contributed by atoms with Crippen LogP contribution in [0.2, 0.25) is 0 Å². The van der Waals surface area contributed by atoms with Crippen LogP contribution in [0.1, 0.15) is 74.3 Å². The maximum Gasteiger partial charge on any atom is 0.224 e. The van der Waals surface area contributed by atoms with Crippen LogP contribution in [0.5, 0.6) is 0 Å². The van der Waals surface area contributed by atoms with Crippen LogP contribution in [-0.4, -0.2) is 47.3 Å². The van der Waals surface area contributed by atoms with Gasteiger partial charge in [-0.1, -0.05) is 73.6 Å². The number of para-hydroxylation sites is 1. The molecule has 2 N–H and O–H groups in total. The Labute approximate surface area is 184 Å². The number of fused-ring (bicyclic) bond motifs is 1. The largest absolute Gasteiger partial charge is 0.361 e. The Morgan fingerprint density at radius 3 is 2.13 bits per heavy atom. The fourth-order valence-electron chi connectivity index (χ4n) is 3.31. The maximum absolute atomic E-state index is 12.3. The summed E-state index contributed by atoms with van der Waals surface area (Å²) >= 11 is 0. The quantitative estimate of drug-likeness (QED) is 0.678. The lowest BCUT2D eigenvalue weighted by Gasteiger charge is -2.14. The molecule has 3 rings (SSSR count). The highest BCUT2D eigenvalue weighted by Gasteiger charge is 2.33. The molecule has 1 aromatic heterocycles. The number of carbonyl (C=O) groups excluding carboxylic acids is 2. The van der Waals surface area contributed by atoms with E-state index in [1.807, 2.05) is 97.8 Å². The molecule has 1 amide bonds. The molecule has 0 aliphatic carbocycles. The first-order valence-electron chi connectivity index (χ1n) is 11.6. The minimum Gasteiger partial charge on any atom is -0.361 e. The molecule has 1 aromatic carbocycles. The van der Waals surface area contributed by atoms with Gasteiger partial charge in [-0.05, 0) is 32.0 Å². The summed E-state index contributed by atoms with van der Waals surface area (Å²) in [6.07, 6.45) is 2.95. The van der Waals surface area contributed by atoms with Gasteiger partial charge in [-0.15, -0.1) is 0 Å². The number of amides is 1. The number of aromatic amines is 1. The first-order valence-corrected chi connectivity index (χ1v) is 11.6. The average molecular weight is 420 g/mol. The van der Waals surface area contributed by atoms with Gasteiger partial charge in [0, 0.05) is 29.7 Å². The second-order valence-corrected chi connectivity index (χ2v) is 6.10. The van der Waals surface area contributed by atoms with Gasteiger partial charge in [0.2, 0.25) is 5.91 Å². The summed E-state index contributed by atoms with van der Waals surface area (Å²) in [6.45, 7) is 18.3. The third-order valence-electron chi connectivity index (χ3n) is 4.41. The van der Waals surface area contributed by atoms with Crippen molar-refractivity contribution < 1.29 is 9.59 Å². The molecule has 0 spiro atoms. The molecule has 0 unspecified atom stereocenters. The molecular formula is C25H45N3O2. The van der Waals surface area contributed by atoms with Crippen LogP contribution in [0.15, 0.2) is 30.5 Å². The number of Topliss-reactive ketones (excluding diaryl/α,β-unsaturated/α-hetero) is 1. The number of aromatic nitrogens is 1. The van der Waals surface area contributed by atoms with E-state index in [1.165, 1.54) is 0 Å². The van der Waals surface area contributed by atoms with E-state index in [0.717, 1.165) is 23.0 Å². The molecule has 5 heteroatoms. The number of ketones is 1. The van der Waals surface area contributed by atoms with E-state index in [2.05, 4.69) is 10.3 Å². The molecule has 172 valence electrons. The molecule has 0 saturated carbocycles. The predicted octanol–water partition coefficient (Wildman–Crippen LogP) is 5.59. The fraction of sp³-hybridized carbons (Fsp3) is 0.600. The van der Waals surface area contributed by atoms with Gasteiger partial charge >= 0.3 is 0 Å². The van der Waals surface area contributed by atoms with Crippen molar-refractivity contribution in [2.45, 2.75) is 87.2 Å². The molecule has 2 heterocycles. The number of likely N-dealkylation sites (tertiary alicyclic amines) is 1. The smallest absolute Gasteiger partial charge is 0.224 e. The van der Waals surface area contributed by atoms with Gasteiger partial charge in [-0.25, -0.2) is 0 Å². The summed E-state index contributed by atoms with van der Waals surface area (Å²) in [5.41, 5.74) is 2.05. The first kappa shape index (κ1) is 30.1. The van der Waals surface area contributed by atoms with E-state index in [9.17, 15) is 9.59 Å². The minimum atomic E-state index is -0.0709. The lowest BCUT2D eigenvalue weighted by atomic mass is 10.1. The monoisotopic (exact) mass is 419 g/mol. The second kappa shape index (κ2) is 17.7. The van der Waals surface area contributed by atoms with Crippen molar-refractivity contribution in [3.63, 3.8) is 0 Å². The molecule has 30 heavy (non-hydrogen) atoms. The van der Waals surface area contributed by atoms with E-state index < -0.39 is 0 Å². The number of nitrogens with zero attached hydrogens (tertiary/aromatic N) is 1. The van der Waals surface area contributed by atoms with E-state index >= 15 is 0 Å². The number of nitrogens with one attached hydrogen (secondary N) is 2. The summed E-state index contributed by atoms with van der Waals surface area (Å²) in [5, 5.41) is 4.14. The Bertz CT molecular complexity index is 709. The van der Waals surface area contributed by atoms with Crippen LogP contribution in [-0.2, 0) is 16.0 Å². The summed E-state index contributed by atoms with van der Waals surface area (Å²) in [6, 6.07) is 7.94. The van der Waals surface area contributed by atoms with Gasteiger partial charge in [0.1, 0.15) is 5.78 Å². The molecule has 1 aliphatic rings. The summed E-state index contributed by atoms with van der Waals surface area (Å²) in [4.78, 5) is 29.0. The Kier molecular flexibility index (Phi) is 17.7. The van der Waals surface area contributed by atoms with Crippen molar-refractivity contribution in [2.75, 3.05) is 13.6 Å². The normalized spacial score (nSPS) is 17.0. The van der Waals surface area contributed by atoms with Crippen molar-refractivity contribution in [3.05, 3.63) is 36.0 Å². The Morgan fingerprint density at radius 2 is 1.60 bits per heavy atom. The van der Waals surface area contributed by atoms with E-state index in [1.54, 1.807) is 6.92 Å².